The van der Waals surface area contributed by atoms with Crippen molar-refractivity contribution in [3.8, 4) is 17.4 Å². The molecular formula is C19H23N5O5. The van der Waals surface area contributed by atoms with Gasteiger partial charge < -0.3 is 19.1 Å². The summed E-state index contributed by atoms with van der Waals surface area (Å²) in [4.78, 5) is 23.5. The van der Waals surface area contributed by atoms with E-state index >= 15 is 0 Å². The monoisotopic (exact) mass is 401 g/mol. The smallest absolute Gasteiger partial charge is 0.372 e. The van der Waals surface area contributed by atoms with Crippen molar-refractivity contribution in [3.63, 3.8) is 0 Å². The molecule has 10 heteroatoms. The van der Waals surface area contributed by atoms with Gasteiger partial charge in [0.25, 0.3) is 5.88 Å². The Bertz CT molecular complexity index is 899. The van der Waals surface area contributed by atoms with Crippen LogP contribution < -0.4 is 19.1 Å². The van der Waals surface area contributed by atoms with E-state index in [-0.39, 0.29) is 24.5 Å². The van der Waals surface area contributed by atoms with Crippen molar-refractivity contribution in [2.45, 2.75) is 26.5 Å². The maximum absolute atomic E-state index is 11.7. The summed E-state index contributed by atoms with van der Waals surface area (Å²) in [6.45, 7) is 7.43. The van der Waals surface area contributed by atoms with Gasteiger partial charge >= 0.3 is 5.69 Å². The molecule has 0 saturated carbocycles. The van der Waals surface area contributed by atoms with E-state index in [1.165, 1.54) is 6.33 Å². The van der Waals surface area contributed by atoms with Gasteiger partial charge in [0, 0.05) is 32.7 Å². The fourth-order valence-electron chi connectivity index (χ4n) is 3.47. The highest BCUT2D eigenvalue weighted by molar-refractivity contribution is 5.63. The Hall–Kier alpha value is -3.14. The van der Waals surface area contributed by atoms with Crippen LogP contribution in [0.5, 0.6) is 17.4 Å². The number of benzene rings is 1. The first-order valence-corrected chi connectivity index (χ1v) is 9.53. The van der Waals surface area contributed by atoms with Crippen LogP contribution >= 0.6 is 0 Å². The van der Waals surface area contributed by atoms with E-state index in [4.69, 9.17) is 14.2 Å². The second-order valence-corrected chi connectivity index (χ2v) is 7.23. The molecule has 0 atom stereocenters. The Kier molecular flexibility index (Phi) is 5.34. The zero-order valence-electron chi connectivity index (χ0n) is 16.4. The maximum atomic E-state index is 11.7. The van der Waals surface area contributed by atoms with Gasteiger partial charge in [-0.25, -0.2) is 4.98 Å². The zero-order valence-corrected chi connectivity index (χ0v) is 16.4. The minimum atomic E-state index is -0.466. The lowest BCUT2D eigenvalue weighted by molar-refractivity contribution is -0.385. The van der Waals surface area contributed by atoms with E-state index in [0.717, 1.165) is 36.7 Å². The fourth-order valence-corrected chi connectivity index (χ4v) is 3.47. The number of anilines is 1. The number of rotatable bonds is 6. The minimum Gasteiger partial charge on any atom is -0.470 e. The van der Waals surface area contributed by atoms with Gasteiger partial charge in [-0.1, -0.05) is 6.07 Å². The molecule has 4 rings (SSSR count). The van der Waals surface area contributed by atoms with Crippen LogP contribution in [0.3, 0.4) is 0 Å². The lowest BCUT2D eigenvalue weighted by Crippen LogP contribution is -2.46. The Balaban J connectivity index is 1.44. The van der Waals surface area contributed by atoms with Crippen molar-refractivity contribution in [2.24, 2.45) is 0 Å². The Labute approximate surface area is 168 Å². The third-order valence-electron chi connectivity index (χ3n) is 4.81. The van der Waals surface area contributed by atoms with E-state index in [2.05, 4.69) is 14.9 Å². The molecule has 0 radical (unpaired) electrons. The molecule has 0 spiro atoms. The van der Waals surface area contributed by atoms with Crippen LogP contribution in [0.4, 0.5) is 11.5 Å². The molecule has 10 nitrogen and oxygen atoms in total. The lowest BCUT2D eigenvalue weighted by atomic mass is 10.1. The number of nitro groups is 1. The van der Waals surface area contributed by atoms with Crippen LogP contribution in [-0.4, -0.2) is 58.9 Å². The zero-order chi connectivity index (χ0) is 20.4. The Morgan fingerprint density at radius 3 is 2.66 bits per heavy atom. The molecule has 1 aromatic carbocycles. The van der Waals surface area contributed by atoms with E-state index in [1.54, 1.807) is 13.8 Å². The first-order valence-electron chi connectivity index (χ1n) is 9.53. The van der Waals surface area contributed by atoms with Crippen molar-refractivity contribution in [1.29, 1.82) is 0 Å². The average molecular weight is 401 g/mol. The molecule has 0 N–H and O–H groups in total. The quantitative estimate of drug-likeness (QED) is 0.532. The normalized spacial score (nSPS) is 16.3. The van der Waals surface area contributed by atoms with Crippen LogP contribution in [0, 0.1) is 10.1 Å². The minimum absolute atomic E-state index is 0.0118. The van der Waals surface area contributed by atoms with Crippen LogP contribution in [0.2, 0.25) is 0 Å². The summed E-state index contributed by atoms with van der Waals surface area (Å²) in [5.41, 5.74) is 0.966. The molecule has 0 unspecified atom stereocenters. The van der Waals surface area contributed by atoms with E-state index in [9.17, 15) is 10.1 Å². The molecule has 0 aliphatic carbocycles. The van der Waals surface area contributed by atoms with Gasteiger partial charge in [-0.2, -0.15) is 4.98 Å². The van der Waals surface area contributed by atoms with Gasteiger partial charge in [0.05, 0.1) is 11.0 Å². The highest BCUT2D eigenvalue weighted by Gasteiger charge is 2.30. The molecule has 3 heterocycles. The molecule has 1 aromatic heterocycles. The van der Waals surface area contributed by atoms with Crippen molar-refractivity contribution in [2.75, 3.05) is 37.9 Å². The molecule has 2 aliphatic heterocycles. The number of hydrogen-bond acceptors (Lipinski definition) is 9. The molecule has 154 valence electrons. The van der Waals surface area contributed by atoms with Gasteiger partial charge in [0.2, 0.25) is 12.6 Å². The summed E-state index contributed by atoms with van der Waals surface area (Å²) in [6.07, 6.45) is 1.11. The van der Waals surface area contributed by atoms with Gasteiger partial charge in [0.1, 0.15) is 6.33 Å². The molecule has 0 bridgehead atoms. The molecule has 2 aliphatic rings. The maximum Gasteiger partial charge on any atom is 0.372 e. The van der Waals surface area contributed by atoms with Crippen molar-refractivity contribution in [3.05, 3.63) is 40.2 Å². The van der Waals surface area contributed by atoms with Gasteiger partial charge in [-0.05, 0) is 31.5 Å². The molecular weight excluding hydrogens is 378 g/mol. The van der Waals surface area contributed by atoms with Gasteiger partial charge in [0.15, 0.2) is 11.5 Å². The number of hydrogen-bond donors (Lipinski definition) is 0. The predicted octanol–water partition coefficient (Wildman–Crippen LogP) is 2.22. The van der Waals surface area contributed by atoms with E-state index < -0.39 is 4.92 Å². The second-order valence-electron chi connectivity index (χ2n) is 7.23. The number of ether oxygens (including phenoxy) is 3. The number of aromatic nitrogens is 2. The Morgan fingerprint density at radius 2 is 1.93 bits per heavy atom. The lowest BCUT2D eigenvalue weighted by Gasteiger charge is -2.35. The molecule has 2 aromatic rings. The topological polar surface area (TPSA) is 103 Å². The summed E-state index contributed by atoms with van der Waals surface area (Å²) in [5, 5.41) is 11.7. The fraction of sp³-hybridized carbons (Fsp3) is 0.474. The molecule has 1 saturated heterocycles. The SMILES string of the molecule is CC(C)Oc1ncnc(N2CCN(Cc3ccc4c(c3)OCO4)CC2)c1[N+](=O)[O-]. The molecule has 0 amide bonds. The van der Waals surface area contributed by atoms with Gasteiger partial charge in [-0.3, -0.25) is 15.0 Å². The summed E-state index contributed by atoms with van der Waals surface area (Å²) < 4.78 is 16.3. The van der Waals surface area contributed by atoms with Crippen molar-refractivity contribution < 1.29 is 19.1 Å². The van der Waals surface area contributed by atoms with Crippen LogP contribution in [-0.2, 0) is 6.54 Å². The van der Waals surface area contributed by atoms with Crippen LogP contribution in [0.25, 0.3) is 0 Å². The Morgan fingerprint density at radius 1 is 1.17 bits per heavy atom. The van der Waals surface area contributed by atoms with E-state index in [1.807, 2.05) is 23.1 Å². The summed E-state index contributed by atoms with van der Waals surface area (Å²) >= 11 is 0. The third kappa shape index (κ3) is 4.16. The van der Waals surface area contributed by atoms with Crippen LogP contribution in [0.1, 0.15) is 19.4 Å². The van der Waals surface area contributed by atoms with Crippen LogP contribution in [0.15, 0.2) is 24.5 Å². The largest absolute Gasteiger partial charge is 0.470 e. The second kappa shape index (κ2) is 8.08. The number of nitrogens with zero attached hydrogens (tertiary/aromatic N) is 5. The molecule has 1 fully saturated rings. The third-order valence-corrected chi connectivity index (χ3v) is 4.81. The predicted molar refractivity (Wildman–Crippen MR) is 105 cm³/mol. The van der Waals surface area contributed by atoms with Gasteiger partial charge in [-0.15, -0.1) is 0 Å². The standard InChI is InChI=1S/C19H23N5O5/c1-13(2)29-19-17(24(25)26)18(20-11-21-19)23-7-5-22(6-8-23)10-14-3-4-15-16(9-14)28-12-27-15/h3-4,9,11,13H,5-8,10,12H2,1-2H3. The first kappa shape index (κ1) is 19.2. The molecule has 29 heavy (non-hydrogen) atoms. The highest BCUT2D eigenvalue weighted by Crippen LogP contribution is 2.35. The first-order chi connectivity index (χ1) is 14.0. The van der Waals surface area contributed by atoms with Crippen molar-refractivity contribution in [1.82, 2.24) is 14.9 Å². The summed E-state index contributed by atoms with van der Waals surface area (Å²) in [7, 11) is 0. The number of fused-ring (bicyclic) bond motifs is 1. The van der Waals surface area contributed by atoms with Crippen molar-refractivity contribution >= 4 is 11.5 Å². The summed E-state index contributed by atoms with van der Waals surface area (Å²) in [5.74, 6) is 1.87. The number of piperazine rings is 1. The average Bonchev–Trinajstić information content (AvgIpc) is 3.15. The summed E-state index contributed by atoms with van der Waals surface area (Å²) in [6, 6.07) is 5.96. The highest BCUT2D eigenvalue weighted by atomic mass is 16.7. The van der Waals surface area contributed by atoms with E-state index in [0.29, 0.717) is 18.9 Å².